The molecule has 0 aliphatic carbocycles. The fourth-order valence-electron chi connectivity index (χ4n) is 3.54. The first-order valence-electron chi connectivity index (χ1n) is 7.41. The predicted molar refractivity (Wildman–Crippen MR) is 77.0 cm³/mol. The van der Waals surface area contributed by atoms with E-state index in [9.17, 15) is 4.39 Å². The van der Waals surface area contributed by atoms with E-state index in [0.29, 0.717) is 18.0 Å². The Labute approximate surface area is 115 Å². The fourth-order valence-corrected chi connectivity index (χ4v) is 3.54. The molecule has 0 spiro atoms. The van der Waals surface area contributed by atoms with Gasteiger partial charge in [0.15, 0.2) is 0 Å². The molecule has 2 atom stereocenters. The average Bonchev–Trinajstić information content (AvgIpc) is 2.85. The van der Waals surface area contributed by atoms with Crippen LogP contribution in [0, 0.1) is 11.7 Å². The maximum Gasteiger partial charge on any atom is 0.123 e. The number of nitrogens with zero attached hydrogens (tertiary/aromatic N) is 2. The summed E-state index contributed by atoms with van der Waals surface area (Å²) in [6.45, 7) is 8.08. The van der Waals surface area contributed by atoms with Gasteiger partial charge >= 0.3 is 0 Å². The minimum Gasteiger partial charge on any atom is -0.365 e. The van der Waals surface area contributed by atoms with Crippen LogP contribution in [-0.2, 0) is 0 Å². The number of benzene rings is 1. The van der Waals surface area contributed by atoms with Gasteiger partial charge in [0.2, 0.25) is 0 Å². The van der Waals surface area contributed by atoms with Gasteiger partial charge in [0, 0.05) is 30.9 Å². The Morgan fingerprint density at radius 3 is 2.58 bits per heavy atom. The summed E-state index contributed by atoms with van der Waals surface area (Å²) in [5.41, 5.74) is 1.17. The SMILES string of the molecule is CC(C)C1CN2CCCC2CN1c1ccc(F)cc1. The maximum atomic E-state index is 13.1. The van der Waals surface area contributed by atoms with E-state index in [4.69, 9.17) is 0 Å². The number of halogens is 1. The molecule has 2 nitrogen and oxygen atoms in total. The van der Waals surface area contributed by atoms with Gasteiger partial charge in [-0.25, -0.2) is 4.39 Å². The van der Waals surface area contributed by atoms with Crippen LogP contribution in [0.25, 0.3) is 0 Å². The van der Waals surface area contributed by atoms with Gasteiger partial charge in [0.05, 0.1) is 0 Å². The summed E-state index contributed by atoms with van der Waals surface area (Å²) < 4.78 is 13.1. The highest BCUT2D eigenvalue weighted by atomic mass is 19.1. The van der Waals surface area contributed by atoms with Crippen molar-refractivity contribution in [2.24, 2.45) is 5.92 Å². The van der Waals surface area contributed by atoms with Crippen molar-refractivity contribution >= 4 is 5.69 Å². The second-order valence-corrected chi connectivity index (χ2v) is 6.23. The zero-order valence-corrected chi connectivity index (χ0v) is 11.8. The second-order valence-electron chi connectivity index (χ2n) is 6.23. The first-order valence-corrected chi connectivity index (χ1v) is 7.41. The van der Waals surface area contributed by atoms with Gasteiger partial charge in [-0.15, -0.1) is 0 Å². The zero-order chi connectivity index (χ0) is 13.4. The number of piperazine rings is 1. The minimum absolute atomic E-state index is 0.149. The quantitative estimate of drug-likeness (QED) is 0.808. The molecule has 1 aromatic rings. The molecule has 3 heteroatoms. The minimum atomic E-state index is -0.149. The Bertz CT molecular complexity index is 429. The van der Waals surface area contributed by atoms with E-state index >= 15 is 0 Å². The van der Waals surface area contributed by atoms with Crippen molar-refractivity contribution in [2.45, 2.75) is 38.8 Å². The predicted octanol–water partition coefficient (Wildman–Crippen LogP) is 3.13. The van der Waals surface area contributed by atoms with Crippen molar-refractivity contribution in [1.82, 2.24) is 4.90 Å². The molecule has 0 amide bonds. The van der Waals surface area contributed by atoms with Gasteiger partial charge in [0.25, 0.3) is 0 Å². The van der Waals surface area contributed by atoms with Crippen molar-refractivity contribution in [3.05, 3.63) is 30.1 Å². The molecule has 0 bridgehead atoms. The Morgan fingerprint density at radius 2 is 1.89 bits per heavy atom. The van der Waals surface area contributed by atoms with Gasteiger partial charge in [-0.1, -0.05) is 13.8 Å². The smallest absolute Gasteiger partial charge is 0.123 e. The summed E-state index contributed by atoms with van der Waals surface area (Å²) in [7, 11) is 0. The number of fused-ring (bicyclic) bond motifs is 1. The molecule has 2 heterocycles. The largest absolute Gasteiger partial charge is 0.365 e. The number of hydrogen-bond donors (Lipinski definition) is 0. The Hall–Kier alpha value is -1.09. The highest BCUT2D eigenvalue weighted by Crippen LogP contribution is 2.31. The van der Waals surface area contributed by atoms with Crippen LogP contribution in [0.3, 0.4) is 0 Å². The molecule has 2 aliphatic rings. The van der Waals surface area contributed by atoms with Gasteiger partial charge < -0.3 is 4.90 Å². The van der Waals surface area contributed by atoms with E-state index in [-0.39, 0.29) is 5.82 Å². The van der Waals surface area contributed by atoms with Crippen LogP contribution in [0.2, 0.25) is 0 Å². The first kappa shape index (κ1) is 12.9. The van der Waals surface area contributed by atoms with Crippen LogP contribution in [0.4, 0.5) is 10.1 Å². The van der Waals surface area contributed by atoms with Crippen LogP contribution < -0.4 is 4.90 Å². The summed E-state index contributed by atoms with van der Waals surface area (Å²) in [4.78, 5) is 5.14. The van der Waals surface area contributed by atoms with E-state index in [1.54, 1.807) is 12.1 Å². The van der Waals surface area contributed by atoms with Crippen LogP contribution in [0.15, 0.2) is 24.3 Å². The lowest BCUT2D eigenvalue weighted by molar-refractivity contribution is 0.176. The lowest BCUT2D eigenvalue weighted by Gasteiger charge is -2.46. The highest BCUT2D eigenvalue weighted by molar-refractivity contribution is 5.48. The molecule has 19 heavy (non-hydrogen) atoms. The molecular formula is C16H23FN2. The van der Waals surface area contributed by atoms with Gasteiger partial charge in [-0.3, -0.25) is 4.90 Å². The number of rotatable bonds is 2. The summed E-state index contributed by atoms with van der Waals surface area (Å²) in [5, 5.41) is 0. The summed E-state index contributed by atoms with van der Waals surface area (Å²) in [6, 6.07) is 8.24. The molecule has 0 saturated carbocycles. The molecule has 2 aliphatic heterocycles. The zero-order valence-electron chi connectivity index (χ0n) is 11.8. The molecule has 2 unspecified atom stereocenters. The number of hydrogen-bond acceptors (Lipinski definition) is 2. The first-order chi connectivity index (χ1) is 9.15. The third kappa shape index (κ3) is 2.48. The summed E-state index contributed by atoms with van der Waals surface area (Å²) >= 11 is 0. The average molecular weight is 262 g/mol. The van der Waals surface area contributed by atoms with Gasteiger partial charge in [0.1, 0.15) is 5.82 Å². The molecule has 0 radical (unpaired) electrons. The highest BCUT2D eigenvalue weighted by Gasteiger charge is 2.37. The molecule has 2 saturated heterocycles. The third-order valence-electron chi connectivity index (χ3n) is 4.66. The van der Waals surface area contributed by atoms with E-state index < -0.39 is 0 Å². The standard InChI is InChI=1S/C16H23FN2/c1-12(2)16-11-18-9-3-4-15(18)10-19(16)14-7-5-13(17)6-8-14/h5-8,12,15-16H,3-4,9-11H2,1-2H3. The summed E-state index contributed by atoms with van der Waals surface area (Å²) in [5.74, 6) is 0.468. The molecule has 2 fully saturated rings. The van der Waals surface area contributed by atoms with Crippen molar-refractivity contribution in [1.29, 1.82) is 0 Å². The summed E-state index contributed by atoms with van der Waals surface area (Å²) in [6.07, 6.45) is 2.63. The molecule has 3 rings (SSSR count). The molecule has 0 aromatic heterocycles. The lowest BCUT2D eigenvalue weighted by atomic mass is 9.96. The molecule has 104 valence electrons. The van der Waals surface area contributed by atoms with E-state index in [2.05, 4.69) is 23.6 Å². The van der Waals surface area contributed by atoms with Crippen molar-refractivity contribution in [3.8, 4) is 0 Å². The van der Waals surface area contributed by atoms with Crippen molar-refractivity contribution < 1.29 is 4.39 Å². The third-order valence-corrected chi connectivity index (χ3v) is 4.66. The number of anilines is 1. The second kappa shape index (κ2) is 5.12. The Balaban J connectivity index is 1.85. The van der Waals surface area contributed by atoms with E-state index in [0.717, 1.165) is 13.1 Å². The normalized spacial score (nSPS) is 27.9. The molecule has 0 N–H and O–H groups in total. The Kier molecular flexibility index (Phi) is 3.48. The van der Waals surface area contributed by atoms with Gasteiger partial charge in [-0.05, 0) is 49.6 Å². The molecule has 1 aromatic carbocycles. The molecular weight excluding hydrogens is 239 g/mol. The van der Waals surface area contributed by atoms with E-state index in [1.165, 1.54) is 25.1 Å². The van der Waals surface area contributed by atoms with E-state index in [1.807, 2.05) is 12.1 Å². The van der Waals surface area contributed by atoms with Crippen molar-refractivity contribution in [3.63, 3.8) is 0 Å². The van der Waals surface area contributed by atoms with Crippen molar-refractivity contribution in [2.75, 3.05) is 24.5 Å². The topological polar surface area (TPSA) is 6.48 Å². The van der Waals surface area contributed by atoms with Crippen LogP contribution in [0.1, 0.15) is 26.7 Å². The van der Waals surface area contributed by atoms with Crippen LogP contribution in [0.5, 0.6) is 0 Å². The Morgan fingerprint density at radius 1 is 1.16 bits per heavy atom. The van der Waals surface area contributed by atoms with Crippen LogP contribution >= 0.6 is 0 Å². The maximum absolute atomic E-state index is 13.1. The van der Waals surface area contributed by atoms with Gasteiger partial charge in [-0.2, -0.15) is 0 Å². The lowest BCUT2D eigenvalue weighted by Crippen LogP contribution is -2.58. The van der Waals surface area contributed by atoms with Crippen LogP contribution in [-0.4, -0.2) is 36.6 Å². The fraction of sp³-hybridized carbons (Fsp3) is 0.625. The monoisotopic (exact) mass is 262 g/mol.